The number of anilines is 1. The van der Waals surface area contributed by atoms with Crippen LogP contribution >= 0.6 is 0 Å². The van der Waals surface area contributed by atoms with Gasteiger partial charge in [-0.3, -0.25) is 4.79 Å². The minimum Gasteiger partial charge on any atom is -0.508 e. The van der Waals surface area contributed by atoms with Crippen LogP contribution in [0, 0.1) is 0 Å². The lowest BCUT2D eigenvalue weighted by atomic mass is 10.2. The van der Waals surface area contributed by atoms with Crippen LogP contribution in [0.5, 0.6) is 17.2 Å². The molecule has 0 heterocycles. The number of ether oxygens (including phenoxy) is 1. The Morgan fingerprint density at radius 2 is 2.15 bits per heavy atom. The quantitative estimate of drug-likeness (QED) is 0.363. The monoisotopic (exact) mass is 182 g/mol. The van der Waals surface area contributed by atoms with Gasteiger partial charge in [-0.25, -0.2) is 0 Å². The van der Waals surface area contributed by atoms with E-state index in [1.165, 1.54) is 19.6 Å². The highest BCUT2D eigenvalue weighted by atomic mass is 16.5. The molecule has 0 fully saturated rings. The van der Waals surface area contributed by atoms with Crippen molar-refractivity contribution < 1.29 is 19.7 Å². The number of methoxy groups -OCH3 is 1. The van der Waals surface area contributed by atoms with Crippen LogP contribution < -0.4 is 10.1 Å². The van der Waals surface area contributed by atoms with Gasteiger partial charge in [0, 0.05) is 12.1 Å². The van der Waals surface area contributed by atoms with Gasteiger partial charge in [0.15, 0.2) is 0 Å². The number of carbonyl (C=O) groups excluding carboxylic acids is 1. The fraction of sp³-hybridized carbons (Fsp3) is 0.125. The van der Waals surface area contributed by atoms with E-state index in [1.54, 1.807) is 0 Å². The number of benzene rings is 1. The summed E-state index contributed by atoms with van der Waals surface area (Å²) in [6, 6.07) is 2.35. The molecule has 13 heavy (non-hydrogen) atoms. The standard InChI is InChI=1S/C8H8NO4/c1-13-7-3-5(11)2-6(12)8(7)9-4-10/h2-3,11-12H,1H3,(H,9,10). The molecule has 0 aromatic heterocycles. The molecule has 1 rings (SSSR count). The van der Waals surface area contributed by atoms with Crippen molar-refractivity contribution in [2.45, 2.75) is 0 Å². The second kappa shape index (κ2) is 3.66. The molecule has 0 saturated carbocycles. The average Bonchev–Trinajstić information content (AvgIpc) is 2.09. The summed E-state index contributed by atoms with van der Waals surface area (Å²) in [7, 11) is 1.35. The summed E-state index contributed by atoms with van der Waals surface area (Å²) in [5.41, 5.74) is 0.0790. The van der Waals surface area contributed by atoms with E-state index in [0.717, 1.165) is 6.07 Å². The Morgan fingerprint density at radius 3 is 2.69 bits per heavy atom. The Kier molecular flexibility index (Phi) is 2.59. The predicted molar refractivity (Wildman–Crippen MR) is 45.6 cm³/mol. The lowest BCUT2D eigenvalue weighted by Gasteiger charge is -2.08. The molecule has 5 heteroatoms. The van der Waals surface area contributed by atoms with Crippen LogP contribution in [0.15, 0.2) is 12.1 Å². The predicted octanol–water partition coefficient (Wildman–Crippen LogP) is 0.585. The number of hydrogen-bond acceptors (Lipinski definition) is 4. The molecule has 0 bridgehead atoms. The van der Waals surface area contributed by atoms with E-state index in [-0.39, 0.29) is 22.9 Å². The van der Waals surface area contributed by atoms with Gasteiger partial charge >= 0.3 is 6.41 Å². The molecular weight excluding hydrogens is 174 g/mol. The molecule has 1 amide bonds. The van der Waals surface area contributed by atoms with Gasteiger partial charge in [-0.2, -0.15) is 0 Å². The van der Waals surface area contributed by atoms with Crippen LogP contribution in [-0.2, 0) is 4.79 Å². The summed E-state index contributed by atoms with van der Waals surface area (Å²) < 4.78 is 4.80. The highest BCUT2D eigenvalue weighted by Gasteiger charge is 2.09. The zero-order chi connectivity index (χ0) is 9.84. The lowest BCUT2D eigenvalue weighted by Crippen LogP contribution is -1.97. The van der Waals surface area contributed by atoms with Crippen molar-refractivity contribution in [3.63, 3.8) is 0 Å². The van der Waals surface area contributed by atoms with Crippen LogP contribution in [0.3, 0.4) is 0 Å². The number of rotatable bonds is 3. The Balaban J connectivity index is 3.20. The van der Waals surface area contributed by atoms with E-state index in [2.05, 4.69) is 5.32 Å². The molecule has 0 aliphatic rings. The SMILES string of the molecule is COc1cc(O)cc(O)c1N[C]=O. The molecule has 0 spiro atoms. The topological polar surface area (TPSA) is 78.8 Å². The van der Waals surface area contributed by atoms with Gasteiger partial charge in [0.1, 0.15) is 22.9 Å². The molecular formula is C8H8NO4. The molecule has 0 unspecified atom stereocenters. The number of nitrogens with one attached hydrogen (secondary N) is 1. The van der Waals surface area contributed by atoms with Gasteiger partial charge in [0.05, 0.1) is 7.11 Å². The molecule has 69 valence electrons. The van der Waals surface area contributed by atoms with Crippen LogP contribution in [0.4, 0.5) is 5.69 Å². The van der Waals surface area contributed by atoms with Gasteiger partial charge < -0.3 is 20.3 Å². The van der Waals surface area contributed by atoms with Gasteiger partial charge in [-0.05, 0) is 0 Å². The normalized spacial score (nSPS) is 9.31. The maximum absolute atomic E-state index is 10.0. The van der Waals surface area contributed by atoms with E-state index in [9.17, 15) is 9.90 Å². The zero-order valence-electron chi connectivity index (χ0n) is 6.87. The Morgan fingerprint density at radius 1 is 1.46 bits per heavy atom. The zero-order valence-corrected chi connectivity index (χ0v) is 6.87. The third kappa shape index (κ3) is 1.81. The third-order valence-electron chi connectivity index (χ3n) is 1.46. The Bertz CT molecular complexity index is 324. The summed E-state index contributed by atoms with van der Waals surface area (Å²) in [5, 5.41) is 20.4. The maximum Gasteiger partial charge on any atom is 0.314 e. The van der Waals surface area contributed by atoms with E-state index >= 15 is 0 Å². The Hall–Kier alpha value is -1.91. The van der Waals surface area contributed by atoms with Crippen molar-refractivity contribution in [2.75, 3.05) is 12.4 Å². The summed E-state index contributed by atoms with van der Waals surface area (Å²) in [5.74, 6) is -0.258. The first kappa shape index (κ1) is 9.18. The average molecular weight is 182 g/mol. The number of phenolic OH excluding ortho intramolecular Hbond substituents is 2. The van der Waals surface area contributed by atoms with Crippen LogP contribution in [0.2, 0.25) is 0 Å². The summed E-state index contributed by atoms with van der Waals surface area (Å²) in [6.07, 6.45) is 1.40. The molecule has 1 radical (unpaired) electrons. The second-order valence-electron chi connectivity index (χ2n) is 2.27. The molecule has 0 aliphatic heterocycles. The summed E-state index contributed by atoms with van der Waals surface area (Å²) in [6.45, 7) is 0. The molecule has 5 nitrogen and oxygen atoms in total. The molecule has 0 aliphatic carbocycles. The summed E-state index contributed by atoms with van der Waals surface area (Å²) in [4.78, 5) is 10.0. The lowest BCUT2D eigenvalue weighted by molar-refractivity contribution is 0.401. The first-order valence-electron chi connectivity index (χ1n) is 3.42. The smallest absolute Gasteiger partial charge is 0.314 e. The Labute approximate surface area is 74.6 Å². The second-order valence-corrected chi connectivity index (χ2v) is 2.27. The number of amides is 1. The molecule has 1 aromatic carbocycles. The summed E-state index contributed by atoms with van der Waals surface area (Å²) >= 11 is 0. The van der Waals surface area contributed by atoms with Crippen LogP contribution in [0.25, 0.3) is 0 Å². The third-order valence-corrected chi connectivity index (χ3v) is 1.46. The molecule has 3 N–H and O–H groups in total. The molecule has 0 saturated heterocycles. The van der Waals surface area contributed by atoms with E-state index in [4.69, 9.17) is 9.84 Å². The minimum absolute atomic E-state index is 0.0790. The number of phenols is 2. The highest BCUT2D eigenvalue weighted by molar-refractivity contribution is 5.81. The van der Waals surface area contributed by atoms with E-state index in [0.29, 0.717) is 0 Å². The fourth-order valence-electron chi connectivity index (χ4n) is 0.924. The minimum atomic E-state index is -0.278. The van der Waals surface area contributed by atoms with Crippen LogP contribution in [-0.4, -0.2) is 23.7 Å². The van der Waals surface area contributed by atoms with E-state index < -0.39 is 0 Å². The van der Waals surface area contributed by atoms with E-state index in [1.807, 2.05) is 0 Å². The van der Waals surface area contributed by atoms with Crippen molar-refractivity contribution in [1.82, 2.24) is 0 Å². The van der Waals surface area contributed by atoms with Gasteiger partial charge in [0.2, 0.25) is 0 Å². The van der Waals surface area contributed by atoms with Crippen molar-refractivity contribution in [1.29, 1.82) is 0 Å². The highest BCUT2D eigenvalue weighted by Crippen LogP contribution is 2.37. The number of aromatic hydroxyl groups is 2. The van der Waals surface area contributed by atoms with Gasteiger partial charge in [-0.1, -0.05) is 0 Å². The van der Waals surface area contributed by atoms with Crippen molar-refractivity contribution in [2.24, 2.45) is 0 Å². The molecule has 1 aromatic rings. The van der Waals surface area contributed by atoms with Crippen molar-refractivity contribution in [3.8, 4) is 17.2 Å². The van der Waals surface area contributed by atoms with Crippen LogP contribution in [0.1, 0.15) is 0 Å². The van der Waals surface area contributed by atoms with Crippen molar-refractivity contribution in [3.05, 3.63) is 12.1 Å². The van der Waals surface area contributed by atoms with Crippen molar-refractivity contribution >= 4 is 12.1 Å². The first-order valence-corrected chi connectivity index (χ1v) is 3.42. The van der Waals surface area contributed by atoms with Gasteiger partial charge in [0.25, 0.3) is 0 Å². The molecule has 0 atom stereocenters. The number of hydrogen-bond donors (Lipinski definition) is 3. The fourth-order valence-corrected chi connectivity index (χ4v) is 0.924. The van der Waals surface area contributed by atoms with Gasteiger partial charge in [-0.15, -0.1) is 0 Å². The first-order chi connectivity index (χ1) is 6.19. The maximum atomic E-state index is 10.0. The largest absolute Gasteiger partial charge is 0.508 e.